The molecule has 0 aliphatic carbocycles. The molecule has 1 saturated heterocycles. The van der Waals surface area contributed by atoms with Crippen molar-refractivity contribution in [2.45, 2.75) is 39.0 Å². The summed E-state index contributed by atoms with van der Waals surface area (Å²) in [5.41, 5.74) is 3.08. The number of fused-ring (bicyclic) bond motifs is 1. The summed E-state index contributed by atoms with van der Waals surface area (Å²) < 4.78 is 27.5. The van der Waals surface area contributed by atoms with Crippen molar-refractivity contribution in [1.82, 2.24) is 0 Å². The van der Waals surface area contributed by atoms with Crippen LogP contribution in [0.15, 0.2) is 54.6 Å². The molecule has 41 heavy (non-hydrogen) atoms. The van der Waals surface area contributed by atoms with Crippen molar-refractivity contribution in [2.75, 3.05) is 25.9 Å². The molecule has 3 aromatic carbocycles. The zero-order valence-electron chi connectivity index (χ0n) is 23.0. The van der Waals surface area contributed by atoms with Gasteiger partial charge >= 0.3 is 5.97 Å². The van der Waals surface area contributed by atoms with Crippen LogP contribution in [-0.4, -0.2) is 37.8 Å². The molecule has 2 aliphatic heterocycles. The van der Waals surface area contributed by atoms with Gasteiger partial charge in [0.05, 0.1) is 37.7 Å². The third-order valence-electron chi connectivity index (χ3n) is 7.31. The van der Waals surface area contributed by atoms with Crippen molar-refractivity contribution in [3.05, 3.63) is 87.0 Å². The first-order chi connectivity index (χ1) is 19.8. The van der Waals surface area contributed by atoms with E-state index in [-0.39, 0.29) is 44.4 Å². The number of anilines is 1. The zero-order valence-corrected chi connectivity index (χ0v) is 23.0. The lowest BCUT2D eigenvalue weighted by Crippen LogP contribution is -2.46. The molecular formula is C30H30N2O9. The predicted octanol–water partition coefficient (Wildman–Crippen LogP) is 5.01. The summed E-state index contributed by atoms with van der Waals surface area (Å²) in [6.45, 7) is 1.85. The van der Waals surface area contributed by atoms with Crippen LogP contribution >= 0.6 is 0 Å². The number of amides is 1. The highest BCUT2D eigenvalue weighted by Crippen LogP contribution is 2.43. The Morgan fingerprint density at radius 3 is 2.54 bits per heavy atom. The second kappa shape index (κ2) is 11.8. The SMILES string of the molecule is COc1ccc([C@@H]2[C@@H](C(=O)OCc3cc([N+](=O)[O-])cc4c3OCOC4)CCC(=O)N2c2ccc(C)cc2)cc1OC. The van der Waals surface area contributed by atoms with Gasteiger partial charge in [-0.15, -0.1) is 0 Å². The summed E-state index contributed by atoms with van der Waals surface area (Å²) in [6.07, 6.45) is 0.403. The molecule has 214 valence electrons. The lowest BCUT2D eigenvalue weighted by molar-refractivity contribution is -0.385. The van der Waals surface area contributed by atoms with Crippen LogP contribution in [0.4, 0.5) is 11.4 Å². The van der Waals surface area contributed by atoms with Crippen molar-refractivity contribution in [1.29, 1.82) is 0 Å². The topological polar surface area (TPSA) is 127 Å². The average molecular weight is 563 g/mol. The van der Waals surface area contributed by atoms with Crippen LogP contribution in [0, 0.1) is 23.0 Å². The molecule has 3 aromatic rings. The number of carbonyl (C=O) groups is 2. The molecule has 11 heteroatoms. The molecule has 2 atom stereocenters. The summed E-state index contributed by atoms with van der Waals surface area (Å²) in [7, 11) is 3.05. The Bertz CT molecular complexity index is 1470. The third-order valence-corrected chi connectivity index (χ3v) is 7.31. The van der Waals surface area contributed by atoms with Crippen molar-refractivity contribution >= 4 is 23.3 Å². The lowest BCUT2D eigenvalue weighted by Gasteiger charge is -2.40. The number of carbonyl (C=O) groups excluding carboxylic acids is 2. The third kappa shape index (κ3) is 5.66. The minimum Gasteiger partial charge on any atom is -0.493 e. The van der Waals surface area contributed by atoms with Gasteiger partial charge in [-0.1, -0.05) is 23.8 Å². The van der Waals surface area contributed by atoms with Crippen molar-refractivity contribution in [2.24, 2.45) is 5.92 Å². The minimum atomic E-state index is -0.731. The van der Waals surface area contributed by atoms with E-state index in [1.54, 1.807) is 23.1 Å². The van der Waals surface area contributed by atoms with Crippen molar-refractivity contribution < 1.29 is 38.2 Å². The number of hydrogen-bond donors (Lipinski definition) is 0. The number of ether oxygens (including phenoxy) is 5. The van der Waals surface area contributed by atoms with E-state index in [0.717, 1.165) is 5.56 Å². The lowest BCUT2D eigenvalue weighted by atomic mass is 9.83. The summed E-state index contributed by atoms with van der Waals surface area (Å²) in [6, 6.07) is 14.8. The Kier molecular flexibility index (Phi) is 8.06. The van der Waals surface area contributed by atoms with Gasteiger partial charge in [-0.3, -0.25) is 19.7 Å². The summed E-state index contributed by atoms with van der Waals surface area (Å²) >= 11 is 0. The van der Waals surface area contributed by atoms with E-state index in [1.807, 2.05) is 31.2 Å². The molecule has 0 spiro atoms. The highest BCUT2D eigenvalue weighted by Gasteiger charge is 2.43. The number of non-ortho nitro benzene ring substituents is 1. The van der Waals surface area contributed by atoms with Crippen molar-refractivity contribution in [3.8, 4) is 17.2 Å². The molecule has 1 amide bonds. The number of nitro benzene ring substituents is 1. The quantitative estimate of drug-likeness (QED) is 0.211. The molecule has 0 N–H and O–H groups in total. The van der Waals surface area contributed by atoms with E-state index in [9.17, 15) is 19.7 Å². The molecule has 1 fully saturated rings. The molecule has 2 aliphatic rings. The molecule has 2 heterocycles. The van der Waals surface area contributed by atoms with Gasteiger partial charge in [0.2, 0.25) is 5.91 Å². The maximum absolute atomic E-state index is 13.7. The minimum absolute atomic E-state index is 0.0105. The number of piperidine rings is 1. The molecule has 0 bridgehead atoms. The second-order valence-corrected chi connectivity index (χ2v) is 9.87. The van der Waals surface area contributed by atoms with Crippen LogP contribution in [0.1, 0.15) is 41.1 Å². The van der Waals surface area contributed by atoms with Gasteiger partial charge in [-0.2, -0.15) is 0 Å². The largest absolute Gasteiger partial charge is 0.493 e. The Morgan fingerprint density at radius 1 is 1.07 bits per heavy atom. The molecule has 0 unspecified atom stereocenters. The summed E-state index contributed by atoms with van der Waals surface area (Å²) in [4.78, 5) is 39.7. The maximum Gasteiger partial charge on any atom is 0.311 e. The first-order valence-corrected chi connectivity index (χ1v) is 13.1. The van der Waals surface area contributed by atoms with E-state index >= 15 is 0 Å². The second-order valence-electron chi connectivity index (χ2n) is 9.87. The maximum atomic E-state index is 13.7. The number of aryl methyl sites for hydroxylation is 1. The number of rotatable bonds is 8. The van der Waals surface area contributed by atoms with Crippen LogP contribution in [0.25, 0.3) is 0 Å². The van der Waals surface area contributed by atoms with Crippen LogP contribution in [0.3, 0.4) is 0 Å². The first-order valence-electron chi connectivity index (χ1n) is 13.1. The van der Waals surface area contributed by atoms with Gasteiger partial charge in [0.15, 0.2) is 18.3 Å². The van der Waals surface area contributed by atoms with E-state index in [2.05, 4.69) is 0 Å². The van der Waals surface area contributed by atoms with E-state index in [0.29, 0.717) is 39.6 Å². The van der Waals surface area contributed by atoms with Gasteiger partial charge < -0.3 is 28.6 Å². The van der Waals surface area contributed by atoms with E-state index in [1.165, 1.54) is 26.4 Å². The Morgan fingerprint density at radius 2 is 1.83 bits per heavy atom. The summed E-state index contributed by atoms with van der Waals surface area (Å²) in [5, 5.41) is 11.5. The highest BCUT2D eigenvalue weighted by molar-refractivity contribution is 5.97. The van der Waals surface area contributed by atoms with E-state index in [4.69, 9.17) is 23.7 Å². The van der Waals surface area contributed by atoms with Crippen LogP contribution in [0.2, 0.25) is 0 Å². The summed E-state index contributed by atoms with van der Waals surface area (Å²) in [5.74, 6) is -0.0157. The number of hydrogen-bond acceptors (Lipinski definition) is 9. The van der Waals surface area contributed by atoms with Gasteiger partial charge in [-0.05, 0) is 43.2 Å². The Labute approximate surface area is 236 Å². The highest BCUT2D eigenvalue weighted by atomic mass is 16.7. The predicted molar refractivity (Wildman–Crippen MR) is 147 cm³/mol. The first kappa shape index (κ1) is 27.9. The molecular weight excluding hydrogens is 532 g/mol. The fourth-order valence-electron chi connectivity index (χ4n) is 5.32. The van der Waals surface area contributed by atoms with Gasteiger partial charge in [-0.25, -0.2) is 0 Å². The molecule has 0 radical (unpaired) electrons. The number of esters is 1. The molecule has 5 rings (SSSR count). The molecule has 0 aromatic heterocycles. The standard InChI is InChI=1S/C30H30N2O9/c1-18-4-7-22(8-5-18)31-27(33)11-9-24(28(31)19-6-10-25(37-2)26(14-19)38-3)30(34)40-16-21-13-23(32(35)36)12-20-15-39-17-41-29(20)21/h4-8,10,12-14,24,28H,9,11,15-17H2,1-3H3/t24-,28+/m0/s1. The van der Waals surface area contributed by atoms with Crippen LogP contribution in [-0.2, 0) is 32.3 Å². The number of methoxy groups -OCH3 is 2. The van der Waals surface area contributed by atoms with Crippen LogP contribution < -0.4 is 19.1 Å². The number of benzene rings is 3. The van der Waals surface area contributed by atoms with Crippen molar-refractivity contribution in [3.63, 3.8) is 0 Å². The average Bonchev–Trinajstić information content (AvgIpc) is 2.99. The smallest absolute Gasteiger partial charge is 0.311 e. The monoisotopic (exact) mass is 562 g/mol. The van der Waals surface area contributed by atoms with Gasteiger partial charge in [0.1, 0.15) is 12.4 Å². The number of nitro groups is 1. The molecule has 11 nitrogen and oxygen atoms in total. The van der Waals surface area contributed by atoms with Gasteiger partial charge in [0, 0.05) is 35.4 Å². The normalized spacial score (nSPS) is 18.2. The van der Waals surface area contributed by atoms with Gasteiger partial charge in [0.25, 0.3) is 5.69 Å². The fourth-order valence-corrected chi connectivity index (χ4v) is 5.32. The van der Waals surface area contributed by atoms with E-state index < -0.39 is 22.9 Å². The molecule has 0 saturated carbocycles. The zero-order chi connectivity index (χ0) is 29.1. The number of nitrogens with zero attached hydrogens (tertiary/aromatic N) is 2. The fraction of sp³-hybridized carbons (Fsp3) is 0.333. The van der Waals surface area contributed by atoms with Crippen LogP contribution in [0.5, 0.6) is 17.2 Å². The Balaban J connectivity index is 1.50. The Hall–Kier alpha value is -4.64.